The molecule has 0 aromatic carbocycles. The first-order valence-electron chi connectivity index (χ1n) is 5.24. The molecule has 2 N–H and O–H groups in total. The molecule has 1 saturated carbocycles. The van der Waals surface area contributed by atoms with Crippen LogP contribution in [-0.2, 0) is 4.79 Å². The zero-order valence-electron chi connectivity index (χ0n) is 8.20. The van der Waals surface area contributed by atoms with E-state index in [1.165, 1.54) is 0 Å². The summed E-state index contributed by atoms with van der Waals surface area (Å²) in [4.78, 5) is 13.9. The van der Waals surface area contributed by atoms with Gasteiger partial charge in [-0.25, -0.2) is 0 Å². The summed E-state index contributed by atoms with van der Waals surface area (Å²) < 4.78 is 0. The quantitative estimate of drug-likeness (QED) is 0.679. The third-order valence-electron chi connectivity index (χ3n) is 3.36. The molecule has 3 atom stereocenters. The van der Waals surface area contributed by atoms with Gasteiger partial charge in [-0.15, -0.1) is 0 Å². The van der Waals surface area contributed by atoms with Gasteiger partial charge in [-0.1, -0.05) is 6.92 Å². The summed E-state index contributed by atoms with van der Waals surface area (Å²) in [5, 5.41) is 0. The van der Waals surface area contributed by atoms with Gasteiger partial charge in [0, 0.05) is 25.0 Å². The van der Waals surface area contributed by atoms with Gasteiger partial charge < -0.3 is 10.6 Å². The fraction of sp³-hybridized carbons (Fsp3) is 0.900. The lowest BCUT2D eigenvalue weighted by Crippen LogP contribution is -2.40. The Morgan fingerprint density at radius 1 is 1.62 bits per heavy atom. The van der Waals surface area contributed by atoms with Gasteiger partial charge in [-0.3, -0.25) is 4.79 Å². The van der Waals surface area contributed by atoms with E-state index >= 15 is 0 Å². The van der Waals surface area contributed by atoms with Crippen molar-refractivity contribution in [1.82, 2.24) is 4.90 Å². The van der Waals surface area contributed by atoms with Gasteiger partial charge in [0.25, 0.3) is 0 Å². The Morgan fingerprint density at radius 3 is 2.85 bits per heavy atom. The summed E-state index contributed by atoms with van der Waals surface area (Å²) >= 11 is 0. The van der Waals surface area contributed by atoms with Crippen LogP contribution >= 0.6 is 0 Å². The van der Waals surface area contributed by atoms with Gasteiger partial charge in [-0.05, 0) is 25.2 Å². The summed E-state index contributed by atoms with van der Waals surface area (Å²) in [6, 6.07) is 0.334. The number of carbonyl (C=O) groups excluding carboxylic acids is 1. The number of rotatable bonds is 2. The summed E-state index contributed by atoms with van der Waals surface area (Å²) in [6.45, 7) is 3.72. The number of nitrogens with zero attached hydrogens (tertiary/aromatic N) is 1. The van der Waals surface area contributed by atoms with Gasteiger partial charge >= 0.3 is 0 Å². The monoisotopic (exact) mass is 182 g/mol. The first kappa shape index (κ1) is 9.00. The Hall–Kier alpha value is -0.570. The van der Waals surface area contributed by atoms with Crippen molar-refractivity contribution in [3.63, 3.8) is 0 Å². The van der Waals surface area contributed by atoms with Crippen LogP contribution in [0.3, 0.4) is 0 Å². The van der Waals surface area contributed by atoms with E-state index in [0.29, 0.717) is 30.3 Å². The van der Waals surface area contributed by atoms with Crippen LogP contribution < -0.4 is 5.73 Å². The predicted molar refractivity (Wildman–Crippen MR) is 51.1 cm³/mol. The number of hydrogen-bond acceptors (Lipinski definition) is 2. The van der Waals surface area contributed by atoms with E-state index in [2.05, 4.69) is 6.92 Å². The van der Waals surface area contributed by atoms with Crippen LogP contribution in [0.25, 0.3) is 0 Å². The van der Waals surface area contributed by atoms with Crippen molar-refractivity contribution >= 4 is 5.91 Å². The molecular weight excluding hydrogens is 164 g/mol. The first-order chi connectivity index (χ1) is 6.24. The Labute approximate surface area is 79.3 Å². The molecule has 0 bridgehead atoms. The fourth-order valence-electron chi connectivity index (χ4n) is 2.25. The highest BCUT2D eigenvalue weighted by Crippen LogP contribution is 2.40. The lowest BCUT2D eigenvalue weighted by Gasteiger charge is -2.23. The van der Waals surface area contributed by atoms with Crippen LogP contribution in [0, 0.1) is 11.8 Å². The molecule has 0 radical (unpaired) electrons. The van der Waals surface area contributed by atoms with Crippen molar-refractivity contribution in [3.8, 4) is 0 Å². The van der Waals surface area contributed by atoms with Crippen molar-refractivity contribution in [3.05, 3.63) is 0 Å². The summed E-state index contributed by atoms with van der Waals surface area (Å²) in [5.74, 6) is 1.30. The second-order valence-electron chi connectivity index (χ2n) is 4.38. The average molecular weight is 182 g/mol. The molecule has 0 spiro atoms. The van der Waals surface area contributed by atoms with Gasteiger partial charge in [0.15, 0.2) is 0 Å². The molecule has 74 valence electrons. The van der Waals surface area contributed by atoms with Crippen LogP contribution in [-0.4, -0.2) is 29.9 Å². The predicted octanol–water partition coefficient (Wildman–Crippen LogP) is 0.592. The molecule has 2 aliphatic rings. The first-order valence-corrected chi connectivity index (χ1v) is 5.24. The SMILES string of the molecule is CC1CC1C(=O)N1CCCC1CN. The standard InChI is InChI=1S/C10H18N2O/c1-7-5-9(7)10(13)12-4-2-3-8(12)6-11/h7-9H,2-6,11H2,1H3. The van der Waals surface area contributed by atoms with Crippen molar-refractivity contribution in [2.24, 2.45) is 17.6 Å². The van der Waals surface area contributed by atoms with E-state index in [1.807, 2.05) is 4.90 Å². The Bertz CT molecular complexity index is 217. The van der Waals surface area contributed by atoms with E-state index in [4.69, 9.17) is 5.73 Å². The molecule has 3 nitrogen and oxygen atoms in total. The molecule has 1 heterocycles. The third kappa shape index (κ3) is 1.57. The minimum Gasteiger partial charge on any atom is -0.338 e. The molecule has 3 heteroatoms. The van der Waals surface area contributed by atoms with Gasteiger partial charge in [0.05, 0.1) is 0 Å². The summed E-state index contributed by atoms with van der Waals surface area (Å²) in [5.41, 5.74) is 5.62. The van der Waals surface area contributed by atoms with Crippen LogP contribution in [0.15, 0.2) is 0 Å². The summed E-state index contributed by atoms with van der Waals surface area (Å²) in [7, 11) is 0. The molecule has 1 saturated heterocycles. The maximum atomic E-state index is 11.9. The Balaban J connectivity index is 1.95. The van der Waals surface area contributed by atoms with Crippen molar-refractivity contribution < 1.29 is 4.79 Å². The fourth-order valence-corrected chi connectivity index (χ4v) is 2.25. The normalized spacial score (nSPS) is 38.0. The molecule has 1 amide bonds. The van der Waals surface area contributed by atoms with Gasteiger partial charge in [0.2, 0.25) is 5.91 Å². The number of nitrogens with two attached hydrogens (primary N) is 1. The minimum atomic E-state index is 0.326. The Morgan fingerprint density at radius 2 is 2.31 bits per heavy atom. The zero-order valence-corrected chi connectivity index (χ0v) is 8.20. The highest BCUT2D eigenvalue weighted by atomic mass is 16.2. The molecule has 3 unspecified atom stereocenters. The van der Waals surface area contributed by atoms with E-state index in [-0.39, 0.29) is 0 Å². The second-order valence-corrected chi connectivity index (χ2v) is 4.38. The average Bonchev–Trinajstić information content (AvgIpc) is 2.70. The lowest BCUT2D eigenvalue weighted by molar-refractivity contribution is -0.133. The number of amides is 1. The van der Waals surface area contributed by atoms with Gasteiger partial charge in [0.1, 0.15) is 0 Å². The smallest absolute Gasteiger partial charge is 0.226 e. The third-order valence-corrected chi connectivity index (χ3v) is 3.36. The maximum Gasteiger partial charge on any atom is 0.226 e. The van der Waals surface area contributed by atoms with Crippen LogP contribution in [0.2, 0.25) is 0 Å². The maximum absolute atomic E-state index is 11.9. The molecular formula is C10H18N2O. The van der Waals surface area contributed by atoms with E-state index in [9.17, 15) is 4.79 Å². The molecule has 0 aromatic heterocycles. The Kier molecular flexibility index (Phi) is 2.28. The van der Waals surface area contributed by atoms with Gasteiger partial charge in [-0.2, -0.15) is 0 Å². The molecule has 1 aliphatic heterocycles. The van der Waals surface area contributed by atoms with Crippen molar-refractivity contribution in [2.75, 3.05) is 13.1 Å². The number of likely N-dealkylation sites (tertiary alicyclic amines) is 1. The topological polar surface area (TPSA) is 46.3 Å². The van der Waals surface area contributed by atoms with E-state index in [0.717, 1.165) is 25.8 Å². The van der Waals surface area contributed by atoms with Crippen LogP contribution in [0.5, 0.6) is 0 Å². The minimum absolute atomic E-state index is 0.326. The molecule has 13 heavy (non-hydrogen) atoms. The highest BCUT2D eigenvalue weighted by molar-refractivity contribution is 5.82. The number of carbonyl (C=O) groups is 1. The van der Waals surface area contributed by atoms with Crippen molar-refractivity contribution in [1.29, 1.82) is 0 Å². The lowest BCUT2D eigenvalue weighted by atomic mass is 10.2. The second kappa shape index (κ2) is 3.29. The van der Waals surface area contributed by atoms with Crippen LogP contribution in [0.1, 0.15) is 26.2 Å². The van der Waals surface area contributed by atoms with E-state index in [1.54, 1.807) is 0 Å². The molecule has 2 fully saturated rings. The largest absolute Gasteiger partial charge is 0.338 e. The van der Waals surface area contributed by atoms with E-state index < -0.39 is 0 Å². The van der Waals surface area contributed by atoms with Crippen LogP contribution in [0.4, 0.5) is 0 Å². The molecule has 0 aromatic rings. The molecule has 1 aliphatic carbocycles. The summed E-state index contributed by atoms with van der Waals surface area (Å²) in [6.07, 6.45) is 3.32. The molecule has 2 rings (SSSR count). The highest BCUT2D eigenvalue weighted by Gasteiger charge is 2.43. The van der Waals surface area contributed by atoms with Crippen molar-refractivity contribution in [2.45, 2.75) is 32.2 Å². The zero-order chi connectivity index (χ0) is 9.42. The number of hydrogen-bond donors (Lipinski definition) is 1.